The fourth-order valence-electron chi connectivity index (χ4n) is 0. The quantitative estimate of drug-likeness (QED) is 0.406. The molecule has 0 rings (SSSR count). The van der Waals surface area contributed by atoms with Gasteiger partial charge >= 0.3 is 6.43 Å². The Morgan fingerprint density at radius 1 is 0.833 bits per heavy atom. The van der Waals surface area contributed by atoms with Gasteiger partial charge in [-0.05, 0) is 0 Å². The molecule has 5 heteroatoms. The van der Waals surface area contributed by atoms with Gasteiger partial charge in [-0.2, -0.15) is 0 Å². The van der Waals surface area contributed by atoms with Crippen LogP contribution in [0.15, 0.2) is 0 Å². The van der Waals surface area contributed by atoms with Crippen LogP contribution in [0.25, 0.3) is 0 Å². The first-order chi connectivity index (χ1) is 2.00. The molecule has 0 fully saturated rings. The maximum Gasteiger partial charge on any atom is 0.559 e. The Morgan fingerprint density at radius 3 is 0.833 bits per heavy atom. The Labute approximate surface area is 47.0 Å². The van der Waals surface area contributed by atoms with Crippen LogP contribution < -0.4 is 0 Å². The molecule has 0 bridgehead atoms. The van der Waals surface area contributed by atoms with Gasteiger partial charge in [-0.1, -0.05) is 0 Å². The van der Waals surface area contributed by atoms with Crippen LogP contribution in [0.2, 0.25) is 0 Å². The van der Waals surface area contributed by atoms with Gasteiger partial charge in [-0.15, -0.1) is 17.6 Å². The third-order valence-corrected chi connectivity index (χ3v) is 0. The van der Waals surface area contributed by atoms with Gasteiger partial charge in [0.1, 0.15) is 0 Å². The first-order valence-electron chi connectivity index (χ1n) is 0.756. The van der Waals surface area contributed by atoms with Gasteiger partial charge < -0.3 is 0 Å². The van der Waals surface area contributed by atoms with Crippen molar-refractivity contribution in [3.8, 4) is 0 Å². The van der Waals surface area contributed by atoms with Crippen molar-refractivity contribution in [3.63, 3.8) is 0 Å². The van der Waals surface area contributed by atoms with Gasteiger partial charge in [-0.25, -0.2) is 0 Å². The summed E-state index contributed by atoms with van der Waals surface area (Å²) < 4.78 is 38.8. The summed E-state index contributed by atoms with van der Waals surface area (Å²) in [6.45, 7) is 0. The largest absolute Gasteiger partial charge is 0.559 e. The summed E-state index contributed by atoms with van der Waals surface area (Å²) in [7, 11) is 0. The van der Waals surface area contributed by atoms with E-state index in [1.54, 1.807) is 0 Å². The van der Waals surface area contributed by atoms with Gasteiger partial charge in [-0.3, -0.25) is 0 Å². The number of halogens is 4. The molecule has 0 aromatic rings. The van der Waals surface area contributed by atoms with Gasteiger partial charge in [0.15, 0.2) is 0 Å². The molecular weight excluding hydrogens is 196 g/mol. The van der Waals surface area contributed by atoms with E-state index in [0.29, 0.717) is 0 Å². The fraction of sp³-hybridized carbons (Fsp3) is 1.00. The standard InChI is InChI=1S/CF4.Ag/c2-1(3,4)5;. The Bertz CT molecular complexity index is 23.0. The normalized spacial score (nSPS) is 10.0. The van der Waals surface area contributed by atoms with E-state index in [4.69, 9.17) is 0 Å². The topological polar surface area (TPSA) is 0 Å². The van der Waals surface area contributed by atoms with Crippen LogP contribution >= 0.6 is 0 Å². The predicted molar refractivity (Wildman–Crippen MR) is 7.16 cm³/mol. The average Bonchev–Trinajstić information content (AvgIpc) is 0.722. The summed E-state index contributed by atoms with van der Waals surface area (Å²) in [5.74, 6) is 0. The zero-order chi connectivity index (χ0) is 4.50. The first kappa shape index (κ1) is 9.68. The molecule has 0 heterocycles. The molecule has 0 aliphatic carbocycles. The molecule has 0 aliphatic heterocycles. The molecule has 0 saturated heterocycles. The predicted octanol–water partition coefficient (Wildman–Crippen LogP) is 1.47. The molecule has 0 aromatic carbocycles. The molecule has 1 radical (unpaired) electrons. The van der Waals surface area contributed by atoms with Gasteiger partial charge in [0.2, 0.25) is 0 Å². The van der Waals surface area contributed by atoms with Crippen molar-refractivity contribution in [1.29, 1.82) is 0 Å². The Kier molecular flexibility index (Phi) is 4.20. The van der Waals surface area contributed by atoms with Crippen molar-refractivity contribution in [2.75, 3.05) is 0 Å². The van der Waals surface area contributed by atoms with Crippen molar-refractivity contribution < 1.29 is 39.9 Å². The minimum atomic E-state index is -5.50. The van der Waals surface area contributed by atoms with E-state index >= 15 is 0 Å². The van der Waals surface area contributed by atoms with Crippen LogP contribution in [-0.4, -0.2) is 6.43 Å². The molecule has 0 aliphatic rings. The average molecular weight is 196 g/mol. The molecule has 0 saturated carbocycles. The second kappa shape index (κ2) is 2.60. The summed E-state index contributed by atoms with van der Waals surface area (Å²) in [5.41, 5.74) is 0. The smallest absolute Gasteiger partial charge is 0.140 e. The molecule has 0 unspecified atom stereocenters. The SMILES string of the molecule is FC(F)(F)F.[Ag]. The van der Waals surface area contributed by atoms with E-state index in [2.05, 4.69) is 0 Å². The van der Waals surface area contributed by atoms with Crippen LogP contribution in [0.5, 0.6) is 0 Å². The molecule has 6 heavy (non-hydrogen) atoms. The van der Waals surface area contributed by atoms with E-state index in [0.717, 1.165) is 0 Å². The Hall–Kier alpha value is 0.460. The van der Waals surface area contributed by atoms with Crippen molar-refractivity contribution in [1.82, 2.24) is 0 Å². The van der Waals surface area contributed by atoms with Crippen molar-refractivity contribution in [2.45, 2.75) is 6.43 Å². The third-order valence-electron chi connectivity index (χ3n) is 0. The molecular formula is CAgF4. The fourth-order valence-corrected chi connectivity index (χ4v) is 0. The van der Waals surface area contributed by atoms with Crippen LogP contribution in [0.3, 0.4) is 0 Å². The molecule has 43 valence electrons. The zero-order valence-corrected chi connectivity index (χ0v) is 3.80. The third kappa shape index (κ3) is 252. The van der Waals surface area contributed by atoms with Crippen LogP contribution in [0.4, 0.5) is 17.6 Å². The number of rotatable bonds is 0. The Balaban J connectivity index is 0. The molecule has 0 aromatic heterocycles. The van der Waals surface area contributed by atoms with Crippen LogP contribution in [-0.2, 0) is 22.4 Å². The second-order valence-corrected chi connectivity index (χ2v) is 0.429. The van der Waals surface area contributed by atoms with Crippen molar-refractivity contribution in [3.05, 3.63) is 0 Å². The monoisotopic (exact) mass is 195 g/mol. The molecule has 0 N–H and O–H groups in total. The van der Waals surface area contributed by atoms with Crippen molar-refractivity contribution in [2.24, 2.45) is 0 Å². The van der Waals surface area contributed by atoms with Gasteiger partial charge in [0.05, 0.1) is 0 Å². The molecule has 0 nitrogen and oxygen atoms in total. The Morgan fingerprint density at radius 2 is 0.833 bits per heavy atom. The minimum absolute atomic E-state index is 0. The number of hydrogen-bond donors (Lipinski definition) is 0. The first-order valence-corrected chi connectivity index (χ1v) is 0.756. The number of hydrogen-bond acceptors (Lipinski definition) is 0. The van der Waals surface area contributed by atoms with Gasteiger partial charge in [0, 0.05) is 22.4 Å². The summed E-state index contributed by atoms with van der Waals surface area (Å²) in [5, 5.41) is 0. The van der Waals surface area contributed by atoms with Crippen LogP contribution in [0, 0.1) is 0 Å². The van der Waals surface area contributed by atoms with E-state index < -0.39 is 6.43 Å². The summed E-state index contributed by atoms with van der Waals surface area (Å²) in [4.78, 5) is 0. The maximum absolute atomic E-state index is 9.69. The molecule has 0 spiro atoms. The summed E-state index contributed by atoms with van der Waals surface area (Å²) in [6.07, 6.45) is -5.50. The van der Waals surface area contributed by atoms with E-state index in [1.165, 1.54) is 0 Å². The maximum atomic E-state index is 9.69. The zero-order valence-electron chi connectivity index (χ0n) is 2.31. The minimum Gasteiger partial charge on any atom is -0.140 e. The summed E-state index contributed by atoms with van der Waals surface area (Å²) in [6, 6.07) is 0. The van der Waals surface area contributed by atoms with E-state index in [-0.39, 0.29) is 22.4 Å². The second-order valence-electron chi connectivity index (χ2n) is 0.429. The molecule has 0 atom stereocenters. The van der Waals surface area contributed by atoms with Gasteiger partial charge in [0.25, 0.3) is 0 Å². The number of alkyl halides is 4. The van der Waals surface area contributed by atoms with Crippen molar-refractivity contribution >= 4 is 0 Å². The van der Waals surface area contributed by atoms with E-state index in [1.807, 2.05) is 0 Å². The summed E-state index contributed by atoms with van der Waals surface area (Å²) >= 11 is 0. The van der Waals surface area contributed by atoms with Crippen LogP contribution in [0.1, 0.15) is 0 Å². The van der Waals surface area contributed by atoms with E-state index in [9.17, 15) is 17.6 Å². The molecule has 0 amide bonds.